The third kappa shape index (κ3) is 4.38. The van der Waals surface area contributed by atoms with Crippen LogP contribution in [0.2, 0.25) is 0 Å². The second-order valence-electron chi connectivity index (χ2n) is 11.3. The Morgan fingerprint density at radius 1 is 0.565 bits per heavy atom. The van der Waals surface area contributed by atoms with Crippen molar-refractivity contribution in [1.29, 1.82) is 0 Å². The Labute approximate surface area is 263 Å². The van der Waals surface area contributed by atoms with Gasteiger partial charge in [-0.25, -0.2) is 9.80 Å². The Balaban J connectivity index is 1.10. The van der Waals surface area contributed by atoms with Crippen molar-refractivity contribution in [1.82, 2.24) is 0 Å². The van der Waals surface area contributed by atoms with Crippen molar-refractivity contribution in [3.05, 3.63) is 143 Å². The van der Waals surface area contributed by atoms with E-state index < -0.39 is 23.6 Å². The summed E-state index contributed by atoms with van der Waals surface area (Å²) in [5.41, 5.74) is 4.28. The normalized spacial score (nSPS) is 17.2. The molecule has 0 spiro atoms. The van der Waals surface area contributed by atoms with Crippen molar-refractivity contribution in [2.24, 2.45) is 15.9 Å². The fraction of sp³-hybridized carbons (Fsp3) is 0.0526. The van der Waals surface area contributed by atoms with E-state index in [2.05, 4.69) is 16.1 Å². The molecule has 0 aromatic heterocycles. The van der Waals surface area contributed by atoms with Gasteiger partial charge in [-0.2, -0.15) is 0 Å². The predicted molar refractivity (Wildman–Crippen MR) is 179 cm³/mol. The minimum absolute atomic E-state index is 0.136. The molecule has 0 N–H and O–H groups in total. The van der Waals surface area contributed by atoms with Gasteiger partial charge in [0.25, 0.3) is 23.6 Å². The lowest BCUT2D eigenvalue weighted by Gasteiger charge is -2.32. The standard InChI is InChI=1S/C38H24N4O4/c43-35-29-17-19-31-34-32(38(46)42(37(31)45)28-15-11-26(12-16-28)40-22-24-7-3-4-8-24)20-18-30(33(29)34)36(44)41(35)27-13-9-25(10-14-27)39-21-23-5-1-2-6-23/h1-7,9-23H,8H2/b39-21+,40-22+. The zero-order valence-corrected chi connectivity index (χ0v) is 24.3. The highest BCUT2D eigenvalue weighted by molar-refractivity contribution is 6.42. The van der Waals surface area contributed by atoms with Gasteiger partial charge < -0.3 is 0 Å². The molecule has 0 bridgehead atoms. The van der Waals surface area contributed by atoms with Gasteiger partial charge in [-0.1, -0.05) is 42.5 Å². The molecule has 8 nitrogen and oxygen atoms in total. The van der Waals surface area contributed by atoms with E-state index in [-0.39, 0.29) is 28.2 Å². The molecule has 0 saturated carbocycles. The Morgan fingerprint density at radius 3 is 1.46 bits per heavy atom. The van der Waals surface area contributed by atoms with E-state index >= 15 is 0 Å². The largest absolute Gasteiger partial charge is 0.268 e. The van der Waals surface area contributed by atoms with E-state index in [1.165, 1.54) is 0 Å². The van der Waals surface area contributed by atoms with Crippen LogP contribution in [0.4, 0.5) is 22.7 Å². The number of hydrogen-bond donors (Lipinski definition) is 0. The second-order valence-corrected chi connectivity index (χ2v) is 11.3. The third-order valence-corrected chi connectivity index (χ3v) is 8.46. The summed E-state index contributed by atoms with van der Waals surface area (Å²) in [6.45, 7) is 0. The van der Waals surface area contributed by atoms with Crippen LogP contribution in [0.25, 0.3) is 10.8 Å². The van der Waals surface area contributed by atoms with E-state index in [0.29, 0.717) is 33.5 Å². The molecule has 4 aromatic carbocycles. The molecule has 4 aromatic rings. The lowest BCUT2D eigenvalue weighted by Crippen LogP contribution is -2.43. The van der Waals surface area contributed by atoms with Gasteiger partial charge in [-0.05, 0) is 84.8 Å². The van der Waals surface area contributed by atoms with Gasteiger partial charge in [-0.3, -0.25) is 29.2 Å². The molecule has 2 aliphatic carbocycles. The zero-order valence-electron chi connectivity index (χ0n) is 24.3. The number of hydrogen-bond acceptors (Lipinski definition) is 6. The first-order valence-corrected chi connectivity index (χ1v) is 14.8. The van der Waals surface area contributed by atoms with Crippen molar-refractivity contribution in [3.63, 3.8) is 0 Å². The fourth-order valence-corrected chi connectivity index (χ4v) is 6.16. The summed E-state index contributed by atoms with van der Waals surface area (Å²) in [6.07, 6.45) is 18.5. The van der Waals surface area contributed by atoms with Crippen LogP contribution in [0, 0.1) is 5.92 Å². The van der Waals surface area contributed by atoms with E-state index in [0.717, 1.165) is 21.8 Å². The highest BCUT2D eigenvalue weighted by Gasteiger charge is 2.40. The molecule has 4 amide bonds. The Bertz CT molecular complexity index is 2120. The van der Waals surface area contributed by atoms with Crippen LogP contribution in [-0.2, 0) is 0 Å². The molecule has 2 aliphatic heterocycles. The molecule has 4 aliphatic rings. The van der Waals surface area contributed by atoms with Crippen LogP contribution >= 0.6 is 0 Å². The average Bonchev–Trinajstić information content (AvgIpc) is 3.81. The molecule has 220 valence electrons. The van der Waals surface area contributed by atoms with Crippen molar-refractivity contribution in [3.8, 4) is 0 Å². The third-order valence-electron chi connectivity index (χ3n) is 8.46. The van der Waals surface area contributed by atoms with Crippen LogP contribution in [-0.4, -0.2) is 36.1 Å². The summed E-state index contributed by atoms with van der Waals surface area (Å²) < 4.78 is 0. The maximum atomic E-state index is 13.8. The van der Waals surface area contributed by atoms with Crippen molar-refractivity contribution in [2.45, 2.75) is 6.42 Å². The van der Waals surface area contributed by atoms with Crippen LogP contribution < -0.4 is 9.80 Å². The minimum atomic E-state index is -0.527. The molecule has 8 heteroatoms. The average molecular weight is 601 g/mol. The first kappa shape index (κ1) is 27.3. The van der Waals surface area contributed by atoms with Gasteiger partial charge in [-0.15, -0.1) is 0 Å². The quantitative estimate of drug-likeness (QED) is 0.169. The Morgan fingerprint density at radius 2 is 1.02 bits per heavy atom. The first-order chi connectivity index (χ1) is 22.5. The summed E-state index contributed by atoms with van der Waals surface area (Å²) in [5.74, 6) is -1.97. The van der Waals surface area contributed by atoms with E-state index in [1.807, 2.05) is 42.7 Å². The Kier molecular flexibility index (Phi) is 6.35. The lowest BCUT2D eigenvalue weighted by atomic mass is 9.85. The number of rotatable bonds is 6. The number of imide groups is 2. The number of anilines is 2. The number of nitrogens with zero attached hydrogens (tertiary/aromatic N) is 4. The monoisotopic (exact) mass is 600 g/mol. The molecule has 0 fully saturated rings. The summed E-state index contributed by atoms with van der Waals surface area (Å²) >= 11 is 0. The minimum Gasteiger partial charge on any atom is -0.268 e. The Hall–Kier alpha value is -6.28. The van der Waals surface area contributed by atoms with Crippen LogP contribution in [0.15, 0.2) is 131 Å². The molecule has 2 heterocycles. The van der Waals surface area contributed by atoms with Crippen molar-refractivity contribution < 1.29 is 19.2 Å². The number of aliphatic imine (C=N–C) groups is 2. The maximum absolute atomic E-state index is 13.8. The first-order valence-electron chi connectivity index (χ1n) is 14.8. The molecular formula is C38H24N4O4. The smallest absolute Gasteiger partial charge is 0.265 e. The van der Waals surface area contributed by atoms with Crippen LogP contribution in [0.1, 0.15) is 47.9 Å². The van der Waals surface area contributed by atoms with Gasteiger partial charge in [0, 0.05) is 51.4 Å². The summed E-state index contributed by atoms with van der Waals surface area (Å²) in [5, 5.41) is 0.642. The second kappa shape index (κ2) is 10.7. The topological polar surface area (TPSA) is 99.5 Å². The van der Waals surface area contributed by atoms with Gasteiger partial charge >= 0.3 is 0 Å². The predicted octanol–water partition coefficient (Wildman–Crippen LogP) is 7.47. The van der Waals surface area contributed by atoms with Gasteiger partial charge in [0.15, 0.2) is 0 Å². The SMILES string of the molecule is O=C1c2ccc3c4c(ccc(c24)C(=O)N1c1ccc(/N=C/C2=CC=CC2)cc1)C(=O)N(c1ccc(/N=C/C2C=CC=C2)cc1)C3=O. The molecule has 0 saturated heterocycles. The van der Waals surface area contributed by atoms with Crippen molar-refractivity contribution in [2.75, 3.05) is 9.80 Å². The number of carbonyl (C=O) groups excluding carboxylic acids is 4. The number of amides is 4. The van der Waals surface area contributed by atoms with Crippen molar-refractivity contribution >= 4 is 69.6 Å². The number of benzene rings is 4. The molecule has 0 atom stereocenters. The van der Waals surface area contributed by atoms with E-state index in [4.69, 9.17) is 0 Å². The maximum Gasteiger partial charge on any atom is 0.265 e. The summed E-state index contributed by atoms with van der Waals surface area (Å²) in [6, 6.07) is 20.0. The van der Waals surface area contributed by atoms with Crippen LogP contribution in [0.3, 0.4) is 0 Å². The molecule has 46 heavy (non-hydrogen) atoms. The summed E-state index contributed by atoms with van der Waals surface area (Å²) in [4.78, 5) is 66.5. The highest BCUT2D eigenvalue weighted by Crippen LogP contribution is 2.40. The van der Waals surface area contributed by atoms with Gasteiger partial charge in [0.2, 0.25) is 0 Å². The van der Waals surface area contributed by atoms with Gasteiger partial charge in [0.1, 0.15) is 0 Å². The lowest BCUT2D eigenvalue weighted by molar-refractivity contribution is 0.0873. The molecule has 8 rings (SSSR count). The van der Waals surface area contributed by atoms with Crippen LogP contribution in [0.5, 0.6) is 0 Å². The zero-order chi connectivity index (χ0) is 31.4. The van der Waals surface area contributed by atoms with E-state index in [1.54, 1.807) is 79.0 Å². The fourth-order valence-electron chi connectivity index (χ4n) is 6.16. The number of carbonyl (C=O) groups is 4. The van der Waals surface area contributed by atoms with Gasteiger partial charge in [0.05, 0.1) is 22.7 Å². The number of allylic oxidation sites excluding steroid dienone is 8. The molecule has 0 radical (unpaired) electrons. The highest BCUT2D eigenvalue weighted by atomic mass is 16.2. The summed E-state index contributed by atoms with van der Waals surface area (Å²) in [7, 11) is 0. The molecule has 0 unspecified atom stereocenters. The van der Waals surface area contributed by atoms with E-state index in [9.17, 15) is 19.2 Å². The molecular weight excluding hydrogens is 576 g/mol.